The number of para-hydroxylation sites is 1. The summed E-state index contributed by atoms with van der Waals surface area (Å²) in [5, 5.41) is 8.79. The van der Waals surface area contributed by atoms with Gasteiger partial charge >= 0.3 is 5.97 Å². The van der Waals surface area contributed by atoms with E-state index in [4.69, 9.17) is 9.47 Å². The molecule has 0 saturated heterocycles. The van der Waals surface area contributed by atoms with Crippen LogP contribution in [0.5, 0.6) is 5.75 Å². The quantitative estimate of drug-likeness (QED) is 0.294. The Bertz CT molecular complexity index is 972. The number of carbonyl (C=O) groups excluding carboxylic acids is 1. The molecule has 0 N–H and O–H groups in total. The van der Waals surface area contributed by atoms with E-state index in [-0.39, 0.29) is 5.97 Å². The van der Waals surface area contributed by atoms with Crippen molar-refractivity contribution in [3.05, 3.63) is 72.8 Å². The molecule has 0 aliphatic rings. The maximum absolute atomic E-state index is 12.7. The molecule has 29 heavy (non-hydrogen) atoms. The van der Waals surface area contributed by atoms with Crippen LogP contribution in [0.2, 0.25) is 0 Å². The minimum Gasteiger partial charge on any atom is -0.496 e. The molecule has 0 unspecified atom stereocenters. The van der Waals surface area contributed by atoms with Crippen LogP contribution in [0.1, 0.15) is 17.7 Å². The van der Waals surface area contributed by atoms with Crippen LogP contribution in [0.4, 0.5) is 0 Å². The average molecular weight is 410 g/mol. The lowest BCUT2D eigenvalue weighted by Crippen LogP contribution is -2.14. The lowest BCUT2D eigenvalue weighted by atomic mass is 10.1. The van der Waals surface area contributed by atoms with Gasteiger partial charge < -0.3 is 9.47 Å². The molecular formula is C22H23N3O3S. The molecule has 0 aliphatic heterocycles. The molecule has 3 aromatic rings. The van der Waals surface area contributed by atoms with Crippen molar-refractivity contribution in [2.75, 3.05) is 13.7 Å². The van der Waals surface area contributed by atoms with Crippen LogP contribution in [0.3, 0.4) is 0 Å². The molecule has 6 nitrogen and oxygen atoms in total. The van der Waals surface area contributed by atoms with Crippen molar-refractivity contribution in [1.82, 2.24) is 14.8 Å². The number of benzene rings is 2. The molecule has 0 amide bonds. The Kier molecular flexibility index (Phi) is 7.08. The number of aromatic nitrogens is 3. The van der Waals surface area contributed by atoms with E-state index in [1.54, 1.807) is 20.1 Å². The highest BCUT2D eigenvalue weighted by Crippen LogP contribution is 2.38. The number of allylic oxidation sites excluding steroid dienone is 1. The molecule has 0 radical (unpaired) electrons. The number of carbonyl (C=O) groups is 1. The Balaban J connectivity index is 2.02. The number of hydrogen-bond donors (Lipinski definition) is 0. The standard InChI is InChI=1S/C22H23N3O3S/c1-4-15-25-20(17-13-9-10-14-18(17)27-3)23-24-22(25)29-19(21(26)28-5-2)16-11-7-6-8-12-16/h4,6-14,19H,1,5,15H2,2-3H3/t19-/m0/s1. The van der Waals surface area contributed by atoms with Crippen LogP contribution in [0.15, 0.2) is 72.4 Å². The van der Waals surface area contributed by atoms with E-state index in [2.05, 4.69) is 16.8 Å². The Morgan fingerprint density at radius 2 is 1.90 bits per heavy atom. The number of ether oxygens (including phenoxy) is 2. The topological polar surface area (TPSA) is 66.2 Å². The third-order valence-corrected chi connectivity index (χ3v) is 5.42. The van der Waals surface area contributed by atoms with Gasteiger partial charge in [-0.05, 0) is 24.6 Å². The Hall–Kier alpha value is -3.06. The van der Waals surface area contributed by atoms with Gasteiger partial charge in [0.15, 0.2) is 11.0 Å². The second-order valence-electron chi connectivity index (χ2n) is 6.07. The second-order valence-corrected chi connectivity index (χ2v) is 7.14. The average Bonchev–Trinajstić information content (AvgIpc) is 3.15. The van der Waals surface area contributed by atoms with Gasteiger partial charge in [-0.1, -0.05) is 60.3 Å². The molecule has 7 heteroatoms. The summed E-state index contributed by atoms with van der Waals surface area (Å²) in [4.78, 5) is 12.7. The maximum atomic E-state index is 12.7. The van der Waals surface area contributed by atoms with Crippen molar-refractivity contribution in [3.63, 3.8) is 0 Å². The zero-order chi connectivity index (χ0) is 20.6. The Labute approximate surface area is 174 Å². The van der Waals surface area contributed by atoms with E-state index in [1.807, 2.05) is 59.2 Å². The molecule has 0 spiro atoms. The fraction of sp³-hybridized carbons (Fsp3) is 0.227. The van der Waals surface area contributed by atoms with E-state index >= 15 is 0 Å². The smallest absolute Gasteiger partial charge is 0.324 e. The van der Waals surface area contributed by atoms with Crippen molar-refractivity contribution >= 4 is 17.7 Å². The highest BCUT2D eigenvalue weighted by atomic mass is 32.2. The van der Waals surface area contributed by atoms with E-state index in [0.29, 0.717) is 29.9 Å². The van der Waals surface area contributed by atoms with Gasteiger partial charge in [0, 0.05) is 6.54 Å². The first-order valence-electron chi connectivity index (χ1n) is 9.25. The second kappa shape index (κ2) is 9.93. The van der Waals surface area contributed by atoms with Gasteiger partial charge in [0.25, 0.3) is 0 Å². The van der Waals surface area contributed by atoms with Crippen LogP contribution in [0.25, 0.3) is 11.4 Å². The first-order valence-corrected chi connectivity index (χ1v) is 10.1. The Morgan fingerprint density at radius 3 is 2.59 bits per heavy atom. The molecule has 0 aliphatic carbocycles. The summed E-state index contributed by atoms with van der Waals surface area (Å²) < 4.78 is 12.7. The predicted octanol–water partition coefficient (Wildman–Crippen LogP) is 4.54. The summed E-state index contributed by atoms with van der Waals surface area (Å²) in [5.41, 5.74) is 1.67. The number of thioether (sulfide) groups is 1. The SMILES string of the molecule is C=CCn1c(S[C@H](C(=O)OCC)c2ccccc2)nnc1-c1ccccc1OC. The predicted molar refractivity (Wildman–Crippen MR) is 114 cm³/mol. The minimum atomic E-state index is -0.547. The molecule has 1 atom stereocenters. The van der Waals surface area contributed by atoms with Crippen LogP contribution < -0.4 is 4.74 Å². The number of hydrogen-bond acceptors (Lipinski definition) is 6. The van der Waals surface area contributed by atoms with Gasteiger partial charge in [0.1, 0.15) is 11.0 Å². The lowest BCUT2D eigenvalue weighted by Gasteiger charge is -2.16. The molecule has 0 saturated carbocycles. The highest BCUT2D eigenvalue weighted by molar-refractivity contribution is 8.00. The summed E-state index contributed by atoms with van der Waals surface area (Å²) in [6.07, 6.45) is 1.77. The molecule has 0 bridgehead atoms. The Morgan fingerprint density at radius 1 is 1.17 bits per heavy atom. The summed E-state index contributed by atoms with van der Waals surface area (Å²) in [7, 11) is 1.62. The highest BCUT2D eigenvalue weighted by Gasteiger charge is 2.27. The first kappa shape index (κ1) is 20.7. The number of esters is 1. The molecule has 3 rings (SSSR count). The number of nitrogens with zero attached hydrogens (tertiary/aromatic N) is 3. The van der Waals surface area contributed by atoms with Gasteiger partial charge in [-0.3, -0.25) is 9.36 Å². The summed E-state index contributed by atoms with van der Waals surface area (Å²) >= 11 is 1.31. The lowest BCUT2D eigenvalue weighted by molar-refractivity contribution is -0.142. The largest absolute Gasteiger partial charge is 0.496 e. The van der Waals surface area contributed by atoms with Crippen molar-refractivity contribution < 1.29 is 14.3 Å². The van der Waals surface area contributed by atoms with E-state index in [1.165, 1.54) is 11.8 Å². The molecule has 1 heterocycles. The van der Waals surface area contributed by atoms with E-state index in [9.17, 15) is 4.79 Å². The zero-order valence-corrected chi connectivity index (χ0v) is 17.3. The minimum absolute atomic E-state index is 0.310. The molecule has 0 fully saturated rings. The zero-order valence-electron chi connectivity index (χ0n) is 16.4. The first-order chi connectivity index (χ1) is 14.2. The van der Waals surface area contributed by atoms with Gasteiger partial charge in [-0.25, -0.2) is 0 Å². The molecule has 2 aromatic carbocycles. The van der Waals surface area contributed by atoms with Crippen LogP contribution >= 0.6 is 11.8 Å². The summed E-state index contributed by atoms with van der Waals surface area (Å²) in [6.45, 7) is 6.45. The van der Waals surface area contributed by atoms with Crippen LogP contribution in [-0.4, -0.2) is 34.5 Å². The van der Waals surface area contributed by atoms with Gasteiger partial charge in [-0.2, -0.15) is 0 Å². The number of methoxy groups -OCH3 is 1. The van der Waals surface area contributed by atoms with E-state index < -0.39 is 5.25 Å². The fourth-order valence-corrected chi connectivity index (χ4v) is 3.95. The molecule has 150 valence electrons. The van der Waals surface area contributed by atoms with Crippen LogP contribution in [-0.2, 0) is 16.1 Å². The van der Waals surface area contributed by atoms with Crippen LogP contribution in [0, 0.1) is 0 Å². The van der Waals surface area contributed by atoms with Crippen molar-refractivity contribution in [2.24, 2.45) is 0 Å². The molecular weight excluding hydrogens is 386 g/mol. The number of rotatable bonds is 9. The van der Waals surface area contributed by atoms with Gasteiger partial charge in [0.2, 0.25) is 0 Å². The van der Waals surface area contributed by atoms with E-state index in [0.717, 1.165) is 11.1 Å². The third kappa shape index (κ3) is 4.68. The van der Waals surface area contributed by atoms with Crippen molar-refractivity contribution in [2.45, 2.75) is 23.9 Å². The normalized spacial score (nSPS) is 11.7. The van der Waals surface area contributed by atoms with Gasteiger partial charge in [-0.15, -0.1) is 16.8 Å². The molecule has 1 aromatic heterocycles. The third-order valence-electron chi connectivity index (χ3n) is 4.20. The maximum Gasteiger partial charge on any atom is 0.324 e. The van der Waals surface area contributed by atoms with Crippen molar-refractivity contribution in [1.29, 1.82) is 0 Å². The van der Waals surface area contributed by atoms with Gasteiger partial charge in [0.05, 0.1) is 19.3 Å². The summed E-state index contributed by atoms with van der Waals surface area (Å²) in [6, 6.07) is 17.1. The summed E-state index contributed by atoms with van der Waals surface area (Å²) in [5.74, 6) is 1.04. The monoisotopic (exact) mass is 409 g/mol. The van der Waals surface area contributed by atoms with Crippen molar-refractivity contribution in [3.8, 4) is 17.1 Å². The fourth-order valence-electron chi connectivity index (χ4n) is 2.90.